The minimum absolute atomic E-state index is 0.392. The van der Waals surface area contributed by atoms with Crippen molar-refractivity contribution >= 4 is 9.84 Å². The van der Waals surface area contributed by atoms with Crippen molar-refractivity contribution in [2.45, 2.75) is 57.1 Å². The highest BCUT2D eigenvalue weighted by atomic mass is 32.2. The van der Waals surface area contributed by atoms with Crippen molar-refractivity contribution in [3.8, 4) is 0 Å². The molecule has 0 saturated carbocycles. The van der Waals surface area contributed by atoms with E-state index in [1.165, 1.54) is 5.57 Å². The average molecular weight is 306 g/mol. The minimum atomic E-state index is -3.34. The molecule has 0 amide bonds. The lowest BCUT2D eigenvalue weighted by atomic mass is 10.1. The molecule has 21 heavy (non-hydrogen) atoms. The molecule has 0 aromatic heterocycles. The smallest absolute Gasteiger partial charge is 0.185 e. The Labute approximate surface area is 129 Å². The fourth-order valence-corrected chi connectivity index (χ4v) is 4.10. The van der Waals surface area contributed by atoms with Gasteiger partial charge in [-0.1, -0.05) is 41.5 Å². The highest BCUT2D eigenvalue weighted by molar-refractivity contribution is 7.92. The third-order valence-corrected chi connectivity index (χ3v) is 5.81. The molecule has 0 saturated heterocycles. The summed E-state index contributed by atoms with van der Waals surface area (Å²) < 4.78 is 25.5. The number of benzene rings is 1. The predicted octanol–water partition coefficient (Wildman–Crippen LogP) is 4.85. The van der Waals surface area contributed by atoms with Crippen molar-refractivity contribution in [3.05, 3.63) is 53.6 Å². The van der Waals surface area contributed by atoms with Gasteiger partial charge in [-0.15, -0.1) is 0 Å². The summed E-state index contributed by atoms with van der Waals surface area (Å²) in [6.07, 6.45) is 4.53. The third kappa shape index (κ3) is 5.16. The first-order chi connectivity index (χ1) is 9.75. The highest BCUT2D eigenvalue weighted by Crippen LogP contribution is 2.25. The molecule has 0 aliphatic heterocycles. The first-order valence-electron chi connectivity index (χ1n) is 7.34. The summed E-state index contributed by atoms with van der Waals surface area (Å²) in [6, 6.07) is 7.06. The molecule has 0 bridgehead atoms. The molecule has 0 aliphatic rings. The average Bonchev–Trinajstić information content (AvgIpc) is 2.37. The molecule has 0 radical (unpaired) electrons. The largest absolute Gasteiger partial charge is 0.223 e. The van der Waals surface area contributed by atoms with Gasteiger partial charge in [0.15, 0.2) is 9.84 Å². The number of unbranched alkanes of at least 4 members (excludes halogenated alkanes) is 1. The summed E-state index contributed by atoms with van der Waals surface area (Å²) in [6.45, 7) is 11.7. The predicted molar refractivity (Wildman–Crippen MR) is 90.2 cm³/mol. The van der Waals surface area contributed by atoms with Gasteiger partial charge in [0, 0.05) is 0 Å². The minimum Gasteiger partial charge on any atom is -0.223 e. The van der Waals surface area contributed by atoms with Crippen LogP contribution in [0.1, 0.15) is 45.6 Å². The quantitative estimate of drug-likeness (QED) is 0.533. The van der Waals surface area contributed by atoms with Crippen LogP contribution in [0.25, 0.3) is 0 Å². The zero-order chi connectivity index (χ0) is 16.0. The van der Waals surface area contributed by atoms with E-state index in [4.69, 9.17) is 0 Å². The Morgan fingerprint density at radius 2 is 1.76 bits per heavy atom. The van der Waals surface area contributed by atoms with E-state index in [9.17, 15) is 8.42 Å². The summed E-state index contributed by atoms with van der Waals surface area (Å²) in [5, 5.41) is -0.495. The van der Waals surface area contributed by atoms with Crippen molar-refractivity contribution in [2.24, 2.45) is 0 Å². The van der Waals surface area contributed by atoms with E-state index in [2.05, 4.69) is 26.5 Å². The Balaban J connectivity index is 2.91. The van der Waals surface area contributed by atoms with Crippen LogP contribution in [-0.4, -0.2) is 13.7 Å². The molecule has 3 heteroatoms. The van der Waals surface area contributed by atoms with Crippen LogP contribution < -0.4 is 0 Å². The summed E-state index contributed by atoms with van der Waals surface area (Å²) in [5.74, 6) is 0. The maximum Gasteiger partial charge on any atom is 0.185 e. The van der Waals surface area contributed by atoms with Crippen molar-refractivity contribution in [1.29, 1.82) is 0 Å². The zero-order valence-electron chi connectivity index (χ0n) is 13.5. The summed E-state index contributed by atoms with van der Waals surface area (Å²) >= 11 is 0. The first-order valence-corrected chi connectivity index (χ1v) is 8.89. The van der Waals surface area contributed by atoms with Gasteiger partial charge in [-0.3, -0.25) is 0 Å². The molecular formula is C18H26O2S. The van der Waals surface area contributed by atoms with E-state index in [0.717, 1.165) is 18.4 Å². The first kappa shape index (κ1) is 17.7. The van der Waals surface area contributed by atoms with Crippen LogP contribution in [0.4, 0.5) is 0 Å². The molecular weight excluding hydrogens is 280 g/mol. The van der Waals surface area contributed by atoms with Gasteiger partial charge in [-0.2, -0.15) is 0 Å². The van der Waals surface area contributed by atoms with Gasteiger partial charge in [-0.05, 0) is 59.1 Å². The second kappa shape index (κ2) is 7.60. The number of aryl methyl sites for hydroxylation is 1. The molecule has 2 nitrogen and oxygen atoms in total. The lowest BCUT2D eigenvalue weighted by molar-refractivity contribution is 0.577. The van der Waals surface area contributed by atoms with Crippen molar-refractivity contribution < 1.29 is 8.42 Å². The lowest BCUT2D eigenvalue weighted by Crippen LogP contribution is -2.22. The molecule has 1 aromatic carbocycles. The van der Waals surface area contributed by atoms with Crippen molar-refractivity contribution in [2.75, 3.05) is 0 Å². The van der Waals surface area contributed by atoms with E-state index < -0.39 is 15.1 Å². The molecule has 0 N–H and O–H groups in total. The summed E-state index contributed by atoms with van der Waals surface area (Å²) in [5.41, 5.74) is 3.04. The maximum atomic E-state index is 12.7. The molecule has 116 valence electrons. The Morgan fingerprint density at radius 3 is 2.24 bits per heavy atom. The summed E-state index contributed by atoms with van der Waals surface area (Å²) in [7, 11) is -3.34. The summed E-state index contributed by atoms with van der Waals surface area (Å²) in [4.78, 5) is 0.392. The van der Waals surface area contributed by atoms with Gasteiger partial charge in [0.2, 0.25) is 0 Å². The number of rotatable bonds is 7. The fourth-order valence-electron chi connectivity index (χ4n) is 2.25. The van der Waals surface area contributed by atoms with Gasteiger partial charge >= 0.3 is 0 Å². The third-order valence-electron chi connectivity index (χ3n) is 3.50. The zero-order valence-corrected chi connectivity index (χ0v) is 14.3. The number of hydrogen-bond acceptors (Lipinski definition) is 2. The molecule has 0 spiro atoms. The molecule has 1 atom stereocenters. The van der Waals surface area contributed by atoms with Crippen LogP contribution in [0.3, 0.4) is 0 Å². The van der Waals surface area contributed by atoms with Crippen LogP contribution in [0, 0.1) is 6.92 Å². The van der Waals surface area contributed by atoms with Gasteiger partial charge in [-0.25, -0.2) is 8.42 Å². The highest BCUT2D eigenvalue weighted by Gasteiger charge is 2.27. The monoisotopic (exact) mass is 306 g/mol. The molecule has 1 aromatic rings. The van der Waals surface area contributed by atoms with Crippen molar-refractivity contribution in [1.82, 2.24) is 0 Å². The molecule has 0 heterocycles. The SMILES string of the molecule is C=C(C)C(CCCC=C(C)C)S(=O)(=O)c1ccc(C)cc1. The van der Waals surface area contributed by atoms with Gasteiger partial charge in [0.05, 0.1) is 10.1 Å². The second-order valence-electron chi connectivity index (χ2n) is 5.91. The molecule has 1 unspecified atom stereocenters. The van der Waals surface area contributed by atoms with Gasteiger partial charge in [0.25, 0.3) is 0 Å². The van der Waals surface area contributed by atoms with E-state index in [1.807, 2.05) is 19.1 Å². The number of allylic oxidation sites excluding steroid dienone is 2. The van der Waals surface area contributed by atoms with Crippen LogP contribution in [0.2, 0.25) is 0 Å². The Bertz CT molecular complexity index is 603. The number of sulfone groups is 1. The van der Waals surface area contributed by atoms with Gasteiger partial charge < -0.3 is 0 Å². The second-order valence-corrected chi connectivity index (χ2v) is 8.04. The Morgan fingerprint density at radius 1 is 1.19 bits per heavy atom. The fraction of sp³-hybridized carbons (Fsp3) is 0.444. The van der Waals surface area contributed by atoms with Crippen LogP contribution in [-0.2, 0) is 9.84 Å². The Hall–Kier alpha value is -1.35. The van der Waals surface area contributed by atoms with Crippen LogP contribution in [0.5, 0.6) is 0 Å². The Kier molecular flexibility index (Phi) is 6.41. The molecule has 1 rings (SSSR count). The van der Waals surface area contributed by atoms with Crippen LogP contribution >= 0.6 is 0 Å². The normalized spacial score (nSPS) is 12.8. The maximum absolute atomic E-state index is 12.7. The lowest BCUT2D eigenvalue weighted by Gasteiger charge is -2.18. The van der Waals surface area contributed by atoms with Crippen molar-refractivity contribution in [3.63, 3.8) is 0 Å². The van der Waals surface area contributed by atoms with E-state index in [0.29, 0.717) is 16.9 Å². The van der Waals surface area contributed by atoms with E-state index in [-0.39, 0.29) is 0 Å². The van der Waals surface area contributed by atoms with Crippen LogP contribution in [0.15, 0.2) is 53.0 Å². The number of hydrogen-bond donors (Lipinski definition) is 0. The van der Waals surface area contributed by atoms with Gasteiger partial charge in [0.1, 0.15) is 0 Å². The molecule has 0 aliphatic carbocycles. The standard InChI is InChI=1S/C18H26O2S/c1-14(2)8-6-7-9-18(15(3)4)21(19,20)17-12-10-16(5)11-13-17/h8,10-13,18H,3,6-7,9H2,1-2,4-5H3. The van der Waals surface area contributed by atoms with E-state index >= 15 is 0 Å². The molecule has 0 fully saturated rings. The topological polar surface area (TPSA) is 34.1 Å². The van der Waals surface area contributed by atoms with E-state index in [1.54, 1.807) is 19.1 Å².